The second kappa shape index (κ2) is 4.40. The van der Waals surface area contributed by atoms with E-state index in [-0.39, 0.29) is 5.91 Å². The van der Waals surface area contributed by atoms with Crippen LogP contribution >= 0.6 is 0 Å². The molecule has 2 N–H and O–H groups in total. The number of amides is 1. The molecule has 1 fully saturated rings. The Morgan fingerprint density at radius 2 is 1.94 bits per heavy atom. The fourth-order valence-electron chi connectivity index (χ4n) is 2.23. The minimum Gasteiger partial charge on any atom is -0.371 e. The van der Waals surface area contributed by atoms with Crippen molar-refractivity contribution in [3.63, 3.8) is 0 Å². The topological polar surface area (TPSA) is 46.3 Å². The van der Waals surface area contributed by atoms with Crippen LogP contribution in [-0.4, -0.2) is 19.0 Å². The number of anilines is 1. The highest BCUT2D eigenvalue weighted by atomic mass is 16.1. The molecule has 0 bridgehead atoms. The maximum Gasteiger partial charge on any atom is 0.248 e. The Morgan fingerprint density at radius 3 is 2.53 bits per heavy atom. The number of piperidine rings is 1. The summed E-state index contributed by atoms with van der Waals surface area (Å²) in [4.78, 5) is 13.5. The average Bonchev–Trinajstić information content (AvgIpc) is 2.29. The smallest absolute Gasteiger partial charge is 0.248 e. The molecule has 0 saturated carbocycles. The zero-order chi connectivity index (χ0) is 12.5. The van der Waals surface area contributed by atoms with Gasteiger partial charge in [-0.25, -0.2) is 0 Å². The van der Waals surface area contributed by atoms with Gasteiger partial charge in [-0.05, 0) is 36.5 Å². The number of hydrogen-bond donors (Lipinski definition) is 1. The third-order valence-corrected chi connectivity index (χ3v) is 3.61. The van der Waals surface area contributed by atoms with Crippen molar-refractivity contribution in [2.24, 2.45) is 11.1 Å². The van der Waals surface area contributed by atoms with E-state index in [4.69, 9.17) is 5.73 Å². The summed E-state index contributed by atoms with van der Waals surface area (Å²) in [7, 11) is 0. The van der Waals surface area contributed by atoms with Gasteiger partial charge < -0.3 is 10.6 Å². The first kappa shape index (κ1) is 12.0. The van der Waals surface area contributed by atoms with E-state index in [0.717, 1.165) is 18.8 Å². The summed E-state index contributed by atoms with van der Waals surface area (Å²) in [5, 5.41) is 0. The van der Waals surface area contributed by atoms with E-state index in [2.05, 4.69) is 18.7 Å². The molecule has 0 aliphatic carbocycles. The van der Waals surface area contributed by atoms with E-state index in [0.29, 0.717) is 11.0 Å². The number of carbonyl (C=O) groups is 1. The van der Waals surface area contributed by atoms with Gasteiger partial charge in [-0.15, -0.1) is 0 Å². The average molecular weight is 232 g/mol. The van der Waals surface area contributed by atoms with Gasteiger partial charge in [0.25, 0.3) is 0 Å². The predicted molar refractivity (Wildman–Crippen MR) is 70.2 cm³/mol. The molecule has 0 radical (unpaired) electrons. The standard InChI is InChI=1S/C14H20N2O/c1-14(2)6-8-16(9-7-14)12-5-3-4-11(10-12)13(15)17/h3-5,10H,6-9H2,1-2H3,(H2,15,17). The Hall–Kier alpha value is -1.51. The maximum atomic E-state index is 11.1. The fraction of sp³-hybridized carbons (Fsp3) is 0.500. The van der Waals surface area contributed by atoms with Crippen LogP contribution < -0.4 is 10.6 Å². The van der Waals surface area contributed by atoms with Crippen molar-refractivity contribution < 1.29 is 4.79 Å². The van der Waals surface area contributed by atoms with Crippen LogP contribution in [0.4, 0.5) is 5.69 Å². The number of hydrogen-bond acceptors (Lipinski definition) is 2. The molecule has 1 aromatic rings. The van der Waals surface area contributed by atoms with Crippen LogP contribution in [0.25, 0.3) is 0 Å². The molecule has 1 amide bonds. The van der Waals surface area contributed by atoms with E-state index in [1.807, 2.05) is 18.2 Å². The zero-order valence-corrected chi connectivity index (χ0v) is 10.6. The molecule has 1 aliphatic rings. The van der Waals surface area contributed by atoms with Gasteiger partial charge in [0.1, 0.15) is 0 Å². The Bertz CT molecular complexity index is 416. The summed E-state index contributed by atoms with van der Waals surface area (Å²) < 4.78 is 0. The van der Waals surface area contributed by atoms with Crippen LogP contribution in [-0.2, 0) is 0 Å². The van der Waals surface area contributed by atoms with E-state index >= 15 is 0 Å². The van der Waals surface area contributed by atoms with Crippen LogP contribution in [0.15, 0.2) is 24.3 Å². The molecule has 0 unspecified atom stereocenters. The first-order valence-electron chi connectivity index (χ1n) is 6.13. The molecule has 1 aliphatic heterocycles. The van der Waals surface area contributed by atoms with Crippen molar-refractivity contribution in [3.8, 4) is 0 Å². The lowest BCUT2D eigenvalue weighted by atomic mass is 9.82. The summed E-state index contributed by atoms with van der Waals surface area (Å²) in [5.74, 6) is -0.357. The Kier molecular flexibility index (Phi) is 3.09. The minimum absolute atomic E-state index is 0.357. The number of carbonyl (C=O) groups excluding carboxylic acids is 1. The molecular weight excluding hydrogens is 212 g/mol. The Labute approximate surface area is 103 Å². The quantitative estimate of drug-likeness (QED) is 0.851. The highest BCUT2D eigenvalue weighted by molar-refractivity contribution is 5.93. The lowest BCUT2D eigenvalue weighted by Crippen LogP contribution is -2.37. The number of nitrogens with zero attached hydrogens (tertiary/aromatic N) is 1. The highest BCUT2D eigenvalue weighted by Crippen LogP contribution is 2.32. The first-order valence-corrected chi connectivity index (χ1v) is 6.13. The van der Waals surface area contributed by atoms with Crippen molar-refractivity contribution in [3.05, 3.63) is 29.8 Å². The van der Waals surface area contributed by atoms with Crippen molar-refractivity contribution in [2.45, 2.75) is 26.7 Å². The van der Waals surface area contributed by atoms with Crippen molar-refractivity contribution >= 4 is 11.6 Å². The lowest BCUT2D eigenvalue weighted by Gasteiger charge is -2.38. The third kappa shape index (κ3) is 2.78. The van der Waals surface area contributed by atoms with Gasteiger partial charge in [0, 0.05) is 24.3 Å². The summed E-state index contributed by atoms with van der Waals surface area (Å²) in [6.07, 6.45) is 2.38. The molecule has 3 nitrogen and oxygen atoms in total. The van der Waals surface area contributed by atoms with Crippen molar-refractivity contribution in [2.75, 3.05) is 18.0 Å². The van der Waals surface area contributed by atoms with E-state index < -0.39 is 0 Å². The van der Waals surface area contributed by atoms with Gasteiger partial charge in [0.2, 0.25) is 5.91 Å². The second-order valence-electron chi connectivity index (χ2n) is 5.57. The zero-order valence-electron chi connectivity index (χ0n) is 10.6. The predicted octanol–water partition coefficient (Wildman–Crippen LogP) is 2.41. The molecule has 0 aromatic heterocycles. The molecule has 1 heterocycles. The van der Waals surface area contributed by atoms with Gasteiger partial charge in [-0.3, -0.25) is 4.79 Å². The molecule has 1 aromatic carbocycles. The van der Waals surface area contributed by atoms with E-state index in [1.54, 1.807) is 6.07 Å². The molecule has 2 rings (SSSR count). The summed E-state index contributed by atoms with van der Waals surface area (Å²) in [6.45, 7) is 6.72. The van der Waals surface area contributed by atoms with Gasteiger partial charge in [-0.1, -0.05) is 19.9 Å². The number of rotatable bonds is 2. The Balaban J connectivity index is 2.13. The van der Waals surface area contributed by atoms with Gasteiger partial charge in [0.05, 0.1) is 0 Å². The summed E-state index contributed by atoms with van der Waals surface area (Å²) >= 11 is 0. The monoisotopic (exact) mass is 232 g/mol. The molecule has 1 saturated heterocycles. The summed E-state index contributed by atoms with van der Waals surface area (Å²) in [5.41, 5.74) is 7.44. The second-order valence-corrected chi connectivity index (χ2v) is 5.57. The van der Waals surface area contributed by atoms with Gasteiger partial charge in [-0.2, -0.15) is 0 Å². The van der Waals surface area contributed by atoms with Crippen LogP contribution in [0.2, 0.25) is 0 Å². The normalized spacial score (nSPS) is 19.1. The fourth-order valence-corrected chi connectivity index (χ4v) is 2.23. The van der Waals surface area contributed by atoms with E-state index in [1.165, 1.54) is 12.8 Å². The van der Waals surface area contributed by atoms with Gasteiger partial charge in [0.15, 0.2) is 0 Å². The van der Waals surface area contributed by atoms with Crippen LogP contribution in [0, 0.1) is 5.41 Å². The molecule has 17 heavy (non-hydrogen) atoms. The van der Waals surface area contributed by atoms with Crippen LogP contribution in [0.5, 0.6) is 0 Å². The molecule has 3 heteroatoms. The van der Waals surface area contributed by atoms with Gasteiger partial charge >= 0.3 is 0 Å². The SMILES string of the molecule is CC1(C)CCN(c2cccc(C(N)=O)c2)CC1. The highest BCUT2D eigenvalue weighted by Gasteiger charge is 2.25. The van der Waals surface area contributed by atoms with Crippen molar-refractivity contribution in [1.82, 2.24) is 0 Å². The molecule has 0 spiro atoms. The number of benzene rings is 1. The minimum atomic E-state index is -0.357. The van der Waals surface area contributed by atoms with Crippen LogP contribution in [0.1, 0.15) is 37.0 Å². The molecular formula is C14H20N2O. The first-order chi connectivity index (χ1) is 7.98. The van der Waals surface area contributed by atoms with Crippen molar-refractivity contribution in [1.29, 1.82) is 0 Å². The third-order valence-electron chi connectivity index (χ3n) is 3.61. The van der Waals surface area contributed by atoms with E-state index in [9.17, 15) is 4.79 Å². The maximum absolute atomic E-state index is 11.1. The molecule has 92 valence electrons. The van der Waals surface area contributed by atoms with Crippen LogP contribution in [0.3, 0.4) is 0 Å². The number of nitrogens with two attached hydrogens (primary N) is 1. The summed E-state index contributed by atoms with van der Waals surface area (Å²) in [6, 6.07) is 7.60. The number of primary amides is 1. The Morgan fingerprint density at radius 1 is 1.29 bits per heavy atom. The lowest BCUT2D eigenvalue weighted by molar-refractivity contribution is 0.100. The largest absolute Gasteiger partial charge is 0.371 e. The molecule has 0 atom stereocenters.